The predicted molar refractivity (Wildman–Crippen MR) is 74.6 cm³/mol. The molecule has 2 aromatic rings. The van der Waals surface area contributed by atoms with Crippen molar-refractivity contribution in [3.63, 3.8) is 0 Å². The van der Waals surface area contributed by atoms with Crippen molar-refractivity contribution in [2.45, 2.75) is 40.7 Å². The first-order chi connectivity index (χ1) is 9.49. The van der Waals surface area contributed by atoms with Crippen molar-refractivity contribution >= 4 is 5.91 Å². The number of carbonyl (C=O) groups is 1. The molecule has 0 radical (unpaired) electrons. The Bertz CT molecular complexity index is 593. The summed E-state index contributed by atoms with van der Waals surface area (Å²) in [5, 5.41) is 11.0. The lowest BCUT2D eigenvalue weighted by molar-refractivity contribution is 0.0950. The minimum absolute atomic E-state index is 0.130. The molecule has 2 rings (SSSR count). The van der Waals surface area contributed by atoms with Crippen LogP contribution in [0.25, 0.3) is 0 Å². The Kier molecular flexibility index (Phi) is 4.22. The minimum atomic E-state index is -0.130. The number of carbonyl (C=O) groups excluding carboxylic acids is 1. The van der Waals surface area contributed by atoms with Crippen molar-refractivity contribution in [3.05, 3.63) is 34.5 Å². The average Bonchev–Trinajstić information content (AvgIpc) is 2.87. The molecular formula is C14H20N4O2. The van der Waals surface area contributed by atoms with Crippen molar-refractivity contribution in [2.75, 3.05) is 6.54 Å². The third-order valence-corrected chi connectivity index (χ3v) is 3.20. The second-order valence-corrected chi connectivity index (χ2v) is 4.96. The third-order valence-electron chi connectivity index (χ3n) is 3.20. The molecule has 0 aromatic carbocycles. The van der Waals surface area contributed by atoms with Crippen molar-refractivity contribution in [2.24, 2.45) is 0 Å². The summed E-state index contributed by atoms with van der Waals surface area (Å²) in [5.74, 6) is 0.424. The number of hydrogen-bond acceptors (Lipinski definition) is 4. The maximum Gasteiger partial charge on any atom is 0.256 e. The summed E-state index contributed by atoms with van der Waals surface area (Å²) in [4.78, 5) is 12.0. The van der Waals surface area contributed by atoms with Crippen LogP contribution in [-0.2, 0) is 6.54 Å². The van der Waals surface area contributed by atoms with E-state index in [1.54, 1.807) is 13.8 Å². The van der Waals surface area contributed by atoms with E-state index in [2.05, 4.69) is 15.6 Å². The van der Waals surface area contributed by atoms with Gasteiger partial charge >= 0.3 is 0 Å². The molecule has 6 nitrogen and oxygen atoms in total. The average molecular weight is 276 g/mol. The van der Waals surface area contributed by atoms with E-state index in [4.69, 9.17) is 4.52 Å². The van der Waals surface area contributed by atoms with E-state index in [9.17, 15) is 4.79 Å². The van der Waals surface area contributed by atoms with Gasteiger partial charge in [0.05, 0.1) is 11.4 Å². The van der Waals surface area contributed by atoms with E-state index in [0.29, 0.717) is 23.6 Å². The molecule has 0 bridgehead atoms. The van der Waals surface area contributed by atoms with Crippen LogP contribution in [0.15, 0.2) is 10.6 Å². The molecule has 0 aliphatic rings. The van der Waals surface area contributed by atoms with Crippen LogP contribution in [0, 0.1) is 27.7 Å². The zero-order chi connectivity index (χ0) is 14.7. The monoisotopic (exact) mass is 276 g/mol. The molecule has 0 aliphatic heterocycles. The van der Waals surface area contributed by atoms with Crippen molar-refractivity contribution in [1.82, 2.24) is 20.3 Å². The number of nitrogens with zero attached hydrogens (tertiary/aromatic N) is 3. The predicted octanol–water partition coefficient (Wildman–Crippen LogP) is 1.92. The van der Waals surface area contributed by atoms with E-state index in [-0.39, 0.29) is 5.91 Å². The largest absolute Gasteiger partial charge is 0.361 e. The highest BCUT2D eigenvalue weighted by Gasteiger charge is 2.16. The van der Waals surface area contributed by atoms with E-state index in [1.807, 2.05) is 24.6 Å². The van der Waals surface area contributed by atoms with Crippen molar-refractivity contribution in [1.29, 1.82) is 0 Å². The van der Waals surface area contributed by atoms with Gasteiger partial charge in [0.2, 0.25) is 0 Å². The number of aryl methyl sites for hydroxylation is 5. The topological polar surface area (TPSA) is 73.0 Å². The van der Waals surface area contributed by atoms with Gasteiger partial charge in [-0.1, -0.05) is 5.16 Å². The summed E-state index contributed by atoms with van der Waals surface area (Å²) in [7, 11) is 0. The summed E-state index contributed by atoms with van der Waals surface area (Å²) >= 11 is 0. The number of rotatable bonds is 5. The fourth-order valence-corrected chi connectivity index (χ4v) is 2.23. The molecule has 0 spiro atoms. The van der Waals surface area contributed by atoms with E-state index in [0.717, 1.165) is 24.4 Å². The van der Waals surface area contributed by atoms with Crippen molar-refractivity contribution in [3.8, 4) is 0 Å². The molecular weight excluding hydrogens is 256 g/mol. The number of amides is 1. The van der Waals surface area contributed by atoms with Gasteiger partial charge in [-0.2, -0.15) is 5.10 Å². The molecule has 6 heteroatoms. The molecule has 0 unspecified atom stereocenters. The highest BCUT2D eigenvalue weighted by molar-refractivity contribution is 5.96. The van der Waals surface area contributed by atoms with Gasteiger partial charge in [0.1, 0.15) is 11.3 Å². The molecule has 0 fully saturated rings. The van der Waals surface area contributed by atoms with Gasteiger partial charge < -0.3 is 9.84 Å². The van der Waals surface area contributed by atoms with Crippen LogP contribution in [-0.4, -0.2) is 27.4 Å². The van der Waals surface area contributed by atoms with Gasteiger partial charge in [0.15, 0.2) is 0 Å². The lowest BCUT2D eigenvalue weighted by Gasteiger charge is -2.06. The number of nitrogens with one attached hydrogen (secondary N) is 1. The summed E-state index contributed by atoms with van der Waals surface area (Å²) in [6, 6.07) is 2.04. The highest BCUT2D eigenvalue weighted by atomic mass is 16.5. The molecule has 0 aliphatic carbocycles. The van der Waals surface area contributed by atoms with Gasteiger partial charge in [0, 0.05) is 18.8 Å². The fraction of sp³-hybridized carbons (Fsp3) is 0.500. The van der Waals surface area contributed by atoms with Crippen LogP contribution in [0.1, 0.15) is 39.6 Å². The Labute approximate surface area is 118 Å². The lowest BCUT2D eigenvalue weighted by Crippen LogP contribution is -2.26. The summed E-state index contributed by atoms with van der Waals surface area (Å²) < 4.78 is 6.94. The van der Waals surface area contributed by atoms with Gasteiger partial charge in [-0.15, -0.1) is 0 Å². The molecule has 0 atom stereocenters. The molecule has 0 saturated carbocycles. The van der Waals surface area contributed by atoms with Crippen LogP contribution in [0.4, 0.5) is 0 Å². The lowest BCUT2D eigenvalue weighted by atomic mass is 10.2. The Hall–Kier alpha value is -2.11. The van der Waals surface area contributed by atoms with Crippen molar-refractivity contribution < 1.29 is 9.32 Å². The normalized spacial score (nSPS) is 10.8. The minimum Gasteiger partial charge on any atom is -0.361 e. The van der Waals surface area contributed by atoms with Gasteiger partial charge in [-0.25, -0.2) is 0 Å². The Morgan fingerprint density at radius 2 is 2.10 bits per heavy atom. The Balaban J connectivity index is 1.82. The number of aromatic nitrogens is 3. The van der Waals surface area contributed by atoms with Crippen LogP contribution in [0.2, 0.25) is 0 Å². The van der Waals surface area contributed by atoms with E-state index in [1.165, 1.54) is 0 Å². The quantitative estimate of drug-likeness (QED) is 0.847. The van der Waals surface area contributed by atoms with Crippen LogP contribution in [0.5, 0.6) is 0 Å². The SMILES string of the molecule is Cc1cc(C)n(CCCNC(=O)c2c(C)noc2C)n1. The van der Waals surface area contributed by atoms with Crippen LogP contribution >= 0.6 is 0 Å². The Morgan fingerprint density at radius 1 is 1.35 bits per heavy atom. The first-order valence-electron chi connectivity index (χ1n) is 6.71. The maximum atomic E-state index is 12.0. The van der Waals surface area contributed by atoms with Gasteiger partial charge in [-0.05, 0) is 40.2 Å². The molecule has 2 heterocycles. The summed E-state index contributed by atoms with van der Waals surface area (Å²) in [5.41, 5.74) is 3.32. The van der Waals surface area contributed by atoms with Crippen LogP contribution in [0.3, 0.4) is 0 Å². The second-order valence-electron chi connectivity index (χ2n) is 4.96. The molecule has 20 heavy (non-hydrogen) atoms. The smallest absolute Gasteiger partial charge is 0.256 e. The Morgan fingerprint density at radius 3 is 2.65 bits per heavy atom. The van der Waals surface area contributed by atoms with E-state index >= 15 is 0 Å². The number of hydrogen-bond donors (Lipinski definition) is 1. The second kappa shape index (κ2) is 5.90. The first kappa shape index (κ1) is 14.3. The molecule has 2 aromatic heterocycles. The zero-order valence-corrected chi connectivity index (χ0v) is 12.4. The fourth-order valence-electron chi connectivity index (χ4n) is 2.23. The van der Waals surface area contributed by atoms with E-state index < -0.39 is 0 Å². The summed E-state index contributed by atoms with van der Waals surface area (Å²) in [6.45, 7) is 8.90. The maximum absolute atomic E-state index is 12.0. The highest BCUT2D eigenvalue weighted by Crippen LogP contribution is 2.11. The van der Waals surface area contributed by atoms with Crippen LogP contribution < -0.4 is 5.32 Å². The third kappa shape index (κ3) is 3.07. The molecule has 1 amide bonds. The molecule has 0 saturated heterocycles. The molecule has 108 valence electrons. The van der Waals surface area contributed by atoms with Gasteiger partial charge in [0.25, 0.3) is 5.91 Å². The zero-order valence-electron chi connectivity index (χ0n) is 12.4. The van der Waals surface area contributed by atoms with Gasteiger partial charge in [-0.3, -0.25) is 9.48 Å². The molecule has 1 N–H and O–H groups in total. The standard InChI is InChI=1S/C14H20N4O2/c1-9-8-10(2)18(16-9)7-5-6-15-14(19)13-11(3)17-20-12(13)4/h8H,5-7H2,1-4H3,(H,15,19). The summed E-state index contributed by atoms with van der Waals surface area (Å²) in [6.07, 6.45) is 0.830. The first-order valence-corrected chi connectivity index (χ1v) is 6.71.